The van der Waals surface area contributed by atoms with Gasteiger partial charge in [-0.3, -0.25) is 0 Å². The van der Waals surface area contributed by atoms with Crippen LogP contribution in [0, 0.1) is 0 Å². The first-order valence-corrected chi connectivity index (χ1v) is 11.4. The summed E-state index contributed by atoms with van der Waals surface area (Å²) in [6.07, 6.45) is 2.99. The maximum atomic E-state index is 10.8. The largest absolute Gasteiger partial charge is 0.497 e. The number of carboxylic acids is 1. The Morgan fingerprint density at radius 3 is 2.09 bits per heavy atom. The number of carbonyl (C=O) groups is 1. The summed E-state index contributed by atoms with van der Waals surface area (Å²) in [6, 6.07) is 11.6. The van der Waals surface area contributed by atoms with Crippen LogP contribution in [0.2, 0.25) is 0 Å². The van der Waals surface area contributed by atoms with Crippen LogP contribution in [0.4, 0.5) is 0 Å². The topological polar surface area (TPSA) is 97.7 Å². The number of likely N-dealkylation sites (N-methyl/N-ethyl adjacent to an activating group) is 1. The molecule has 0 fully saturated rings. The highest BCUT2D eigenvalue weighted by molar-refractivity contribution is 5.89. The molecular weight excluding hydrogens is 438 g/mol. The Bertz CT molecular complexity index is 847. The van der Waals surface area contributed by atoms with E-state index in [0.717, 1.165) is 38.1 Å². The molecule has 1 atom stereocenters. The summed E-state index contributed by atoms with van der Waals surface area (Å²) < 4.78 is 20.3. The van der Waals surface area contributed by atoms with E-state index in [2.05, 4.69) is 30.9 Å². The van der Waals surface area contributed by atoms with Crippen molar-refractivity contribution in [2.24, 2.45) is 0 Å². The lowest BCUT2D eigenvalue weighted by Crippen LogP contribution is -2.35. The molecule has 0 aromatic heterocycles. The number of carboxylic acid groups (broad SMARTS) is 1. The summed E-state index contributed by atoms with van der Waals surface area (Å²) in [5.74, 6) is 0.913. The Hall–Kier alpha value is -2.97. The van der Waals surface area contributed by atoms with Crippen LogP contribution in [-0.4, -0.2) is 75.3 Å². The lowest BCUT2D eigenvalue weighted by molar-refractivity contribution is 0.0696. The minimum Gasteiger partial charge on any atom is -0.497 e. The fourth-order valence-corrected chi connectivity index (χ4v) is 3.59. The normalized spacial score (nSPS) is 11.3. The average Bonchev–Trinajstić information content (AvgIpc) is 2.85. The van der Waals surface area contributed by atoms with Crippen molar-refractivity contribution in [1.29, 1.82) is 0 Å². The van der Waals surface area contributed by atoms with Gasteiger partial charge in [-0.2, -0.15) is 0 Å². The maximum absolute atomic E-state index is 10.8. The SMILES string of the molecule is CCN(CCCCO)C(C)Cc1cccc(OC)c1.COc1cc(C(=O)O)cc(OC)c1OC. The molecule has 2 aromatic carbocycles. The van der Waals surface area contributed by atoms with Crippen molar-refractivity contribution < 1.29 is 34.0 Å². The van der Waals surface area contributed by atoms with Crippen molar-refractivity contribution in [3.05, 3.63) is 47.5 Å². The molecule has 190 valence electrons. The lowest BCUT2D eigenvalue weighted by atomic mass is 10.1. The molecule has 0 radical (unpaired) electrons. The fraction of sp³-hybridized carbons (Fsp3) is 0.500. The first-order chi connectivity index (χ1) is 16.3. The number of aliphatic hydroxyl groups excluding tert-OH is 1. The van der Waals surface area contributed by atoms with Crippen LogP contribution in [-0.2, 0) is 6.42 Å². The molecule has 0 aliphatic carbocycles. The highest BCUT2D eigenvalue weighted by Crippen LogP contribution is 2.38. The summed E-state index contributed by atoms with van der Waals surface area (Å²) in [6.45, 7) is 6.86. The molecule has 2 aromatic rings. The zero-order chi connectivity index (χ0) is 25.5. The molecule has 0 aliphatic heterocycles. The number of methoxy groups -OCH3 is 4. The molecule has 8 nitrogen and oxygen atoms in total. The quantitative estimate of drug-likeness (QED) is 0.416. The average molecular weight is 478 g/mol. The minimum absolute atomic E-state index is 0.0875. The van der Waals surface area contributed by atoms with Crippen LogP contribution < -0.4 is 18.9 Å². The van der Waals surface area contributed by atoms with E-state index in [-0.39, 0.29) is 5.56 Å². The lowest BCUT2D eigenvalue weighted by Gasteiger charge is -2.28. The number of benzene rings is 2. The van der Waals surface area contributed by atoms with Gasteiger partial charge in [0.15, 0.2) is 11.5 Å². The molecule has 0 amide bonds. The summed E-state index contributed by atoms with van der Waals surface area (Å²) in [5.41, 5.74) is 1.40. The first kappa shape index (κ1) is 29.1. The molecule has 0 bridgehead atoms. The molecule has 34 heavy (non-hydrogen) atoms. The van der Waals surface area contributed by atoms with Gasteiger partial charge in [0.2, 0.25) is 5.75 Å². The molecule has 0 saturated carbocycles. The van der Waals surface area contributed by atoms with Crippen LogP contribution in [0.3, 0.4) is 0 Å². The van der Waals surface area contributed by atoms with Gasteiger partial charge in [-0.1, -0.05) is 19.1 Å². The number of hydrogen-bond acceptors (Lipinski definition) is 7. The smallest absolute Gasteiger partial charge is 0.335 e. The van der Waals surface area contributed by atoms with Crippen LogP contribution in [0.1, 0.15) is 42.6 Å². The standard InChI is InChI=1S/C16H27NO2.C10H12O5/c1-4-17(10-5-6-11-18)14(2)12-15-8-7-9-16(13-15)19-3;1-13-7-4-6(10(11)12)5-8(14-2)9(7)15-3/h7-9,13-14,18H,4-6,10-12H2,1-3H3;4-5H,1-3H3,(H,11,12). The van der Waals surface area contributed by atoms with Crippen LogP contribution in [0.25, 0.3) is 0 Å². The predicted molar refractivity (Wildman–Crippen MR) is 133 cm³/mol. The third-order valence-corrected chi connectivity index (χ3v) is 5.46. The molecular formula is C26H39NO7. The van der Waals surface area contributed by atoms with Gasteiger partial charge in [-0.25, -0.2) is 4.79 Å². The van der Waals surface area contributed by atoms with Gasteiger partial charge in [-0.05, 0) is 69.1 Å². The number of ether oxygens (including phenoxy) is 4. The second kappa shape index (κ2) is 15.8. The summed E-state index contributed by atoms with van der Waals surface area (Å²) in [7, 11) is 6.03. The molecule has 0 spiro atoms. The fourth-order valence-electron chi connectivity index (χ4n) is 3.59. The number of rotatable bonds is 13. The Balaban J connectivity index is 0.000000350. The first-order valence-electron chi connectivity index (χ1n) is 11.4. The molecule has 2 N–H and O–H groups in total. The van der Waals surface area contributed by atoms with Gasteiger partial charge in [0.05, 0.1) is 34.0 Å². The van der Waals surface area contributed by atoms with E-state index in [9.17, 15) is 4.79 Å². The number of aromatic carboxylic acids is 1. The number of unbranched alkanes of at least 4 members (excludes halogenated alkanes) is 1. The molecule has 0 aliphatic rings. The Morgan fingerprint density at radius 2 is 1.62 bits per heavy atom. The van der Waals surface area contributed by atoms with Crippen LogP contribution >= 0.6 is 0 Å². The van der Waals surface area contributed by atoms with Gasteiger partial charge in [0, 0.05) is 12.6 Å². The summed E-state index contributed by atoms with van der Waals surface area (Å²) in [5, 5.41) is 17.7. The van der Waals surface area contributed by atoms with E-state index in [1.165, 1.54) is 39.0 Å². The molecule has 2 rings (SSSR count). The summed E-state index contributed by atoms with van der Waals surface area (Å²) in [4.78, 5) is 13.3. The zero-order valence-electron chi connectivity index (χ0n) is 21.2. The number of nitrogens with zero attached hydrogens (tertiary/aromatic N) is 1. The third-order valence-electron chi connectivity index (χ3n) is 5.46. The monoisotopic (exact) mass is 477 g/mol. The molecule has 8 heteroatoms. The van der Waals surface area contributed by atoms with Crippen molar-refractivity contribution in [1.82, 2.24) is 4.90 Å². The van der Waals surface area contributed by atoms with Crippen molar-refractivity contribution in [3.63, 3.8) is 0 Å². The van der Waals surface area contributed by atoms with Gasteiger partial charge < -0.3 is 34.1 Å². The second-order valence-electron chi connectivity index (χ2n) is 7.68. The summed E-state index contributed by atoms with van der Waals surface area (Å²) >= 11 is 0. The zero-order valence-corrected chi connectivity index (χ0v) is 21.2. The van der Waals surface area contributed by atoms with Crippen LogP contribution in [0.15, 0.2) is 36.4 Å². The Kier molecular flexibility index (Phi) is 13.5. The van der Waals surface area contributed by atoms with E-state index in [0.29, 0.717) is 29.9 Å². The predicted octanol–water partition coefficient (Wildman–Crippen LogP) is 4.13. The van der Waals surface area contributed by atoms with E-state index >= 15 is 0 Å². The van der Waals surface area contributed by atoms with Gasteiger partial charge in [0.25, 0.3) is 0 Å². The van der Waals surface area contributed by atoms with Crippen molar-refractivity contribution >= 4 is 5.97 Å². The van der Waals surface area contributed by atoms with E-state index in [1.807, 2.05) is 12.1 Å². The Labute approximate surface area is 203 Å². The van der Waals surface area contributed by atoms with Crippen molar-refractivity contribution in [2.75, 3.05) is 48.1 Å². The van der Waals surface area contributed by atoms with Crippen molar-refractivity contribution in [3.8, 4) is 23.0 Å². The highest BCUT2D eigenvalue weighted by atomic mass is 16.5. The highest BCUT2D eigenvalue weighted by Gasteiger charge is 2.16. The number of hydrogen-bond donors (Lipinski definition) is 2. The molecule has 1 unspecified atom stereocenters. The van der Waals surface area contributed by atoms with E-state index < -0.39 is 5.97 Å². The van der Waals surface area contributed by atoms with Crippen molar-refractivity contribution in [2.45, 2.75) is 39.2 Å². The van der Waals surface area contributed by atoms with Gasteiger partial charge >= 0.3 is 5.97 Å². The third kappa shape index (κ3) is 9.11. The van der Waals surface area contributed by atoms with E-state index in [1.54, 1.807) is 7.11 Å². The minimum atomic E-state index is -1.05. The van der Waals surface area contributed by atoms with Gasteiger partial charge in [0.1, 0.15) is 5.75 Å². The second-order valence-corrected chi connectivity index (χ2v) is 7.68. The molecule has 0 saturated heterocycles. The van der Waals surface area contributed by atoms with Gasteiger partial charge in [-0.15, -0.1) is 0 Å². The maximum Gasteiger partial charge on any atom is 0.335 e. The number of aliphatic hydroxyl groups is 1. The molecule has 0 heterocycles. The van der Waals surface area contributed by atoms with E-state index in [4.69, 9.17) is 29.2 Å². The Morgan fingerprint density at radius 1 is 0.971 bits per heavy atom. The van der Waals surface area contributed by atoms with Crippen LogP contribution in [0.5, 0.6) is 23.0 Å².